The highest BCUT2D eigenvalue weighted by Gasteiger charge is 2.59. The zero-order chi connectivity index (χ0) is 28.3. The SMILES string of the molecule is C/C=C/C=C\C=C\C=C\C(=O)NC1=C[C@@](O)(/C=C/C=C/C=C/C=C/C(=O)NC2=C(O)CCC2=O)[C@@H]2O[C@@H]2C1=O. The second-order valence-electron chi connectivity index (χ2n) is 8.65. The Labute approximate surface area is 226 Å². The molecule has 9 heteroatoms. The molecule has 1 heterocycles. The Kier molecular flexibility index (Phi) is 10.3. The van der Waals surface area contributed by atoms with Crippen molar-refractivity contribution < 1.29 is 34.1 Å². The Bertz CT molecular complexity index is 1300. The van der Waals surface area contributed by atoms with Crippen molar-refractivity contribution in [2.45, 2.75) is 37.6 Å². The van der Waals surface area contributed by atoms with Crippen LogP contribution in [0.15, 0.2) is 120 Å². The maximum atomic E-state index is 12.4. The van der Waals surface area contributed by atoms with Crippen LogP contribution in [0, 0.1) is 0 Å². The van der Waals surface area contributed by atoms with Gasteiger partial charge in [0.25, 0.3) is 0 Å². The quantitative estimate of drug-likeness (QED) is 0.183. The van der Waals surface area contributed by atoms with Gasteiger partial charge in [-0.05, 0) is 19.1 Å². The minimum Gasteiger partial charge on any atom is -0.510 e. The molecule has 2 amide bonds. The van der Waals surface area contributed by atoms with Crippen LogP contribution in [0.4, 0.5) is 0 Å². The van der Waals surface area contributed by atoms with Crippen molar-refractivity contribution in [1.29, 1.82) is 0 Å². The summed E-state index contributed by atoms with van der Waals surface area (Å²) in [6, 6.07) is 0. The van der Waals surface area contributed by atoms with Crippen LogP contribution in [0.2, 0.25) is 0 Å². The number of ether oxygens (including phenoxy) is 1. The van der Waals surface area contributed by atoms with E-state index >= 15 is 0 Å². The fourth-order valence-corrected chi connectivity index (χ4v) is 3.69. The first kappa shape index (κ1) is 29.0. The topological polar surface area (TPSA) is 145 Å². The van der Waals surface area contributed by atoms with E-state index in [1.165, 1.54) is 36.5 Å². The number of carbonyl (C=O) groups excluding carboxylic acids is 4. The molecule has 0 unspecified atom stereocenters. The molecule has 202 valence electrons. The van der Waals surface area contributed by atoms with Gasteiger partial charge < -0.3 is 25.6 Å². The summed E-state index contributed by atoms with van der Waals surface area (Å²) >= 11 is 0. The first-order valence-corrected chi connectivity index (χ1v) is 12.3. The molecule has 1 fully saturated rings. The maximum Gasteiger partial charge on any atom is 0.248 e. The fraction of sp³-hybridized carbons (Fsp3) is 0.200. The molecule has 0 radical (unpaired) electrons. The number of hydrogen-bond donors (Lipinski definition) is 4. The molecular weight excluding hydrogens is 500 g/mol. The molecule has 3 atom stereocenters. The molecular formula is C30H30N2O7. The third kappa shape index (κ3) is 8.46. The summed E-state index contributed by atoms with van der Waals surface area (Å²) in [5, 5.41) is 25.4. The number of aliphatic hydroxyl groups is 2. The monoisotopic (exact) mass is 530 g/mol. The van der Waals surface area contributed by atoms with E-state index in [4.69, 9.17) is 4.74 Å². The van der Waals surface area contributed by atoms with Crippen LogP contribution in [0.5, 0.6) is 0 Å². The van der Waals surface area contributed by atoms with Crippen molar-refractivity contribution in [2.75, 3.05) is 0 Å². The Hall–Kier alpha value is -4.60. The standard InChI is InChI=1S/C30H30N2O7/c1-2-3-4-5-6-9-12-15-24(35)31-21-20-30(38,29-28(39-29)27(21)37)19-14-11-8-7-10-13-16-25(36)32-26-22(33)17-18-23(26)34/h2-16,19-20,28-29,33,38H,17-18H2,1H3,(H,31,35)(H,32,36)/b3-2+,5-4-,9-6+,10-7+,11-8+,15-12+,16-13+,19-14+/t28-,29-,30+/m1/s1. The minimum absolute atomic E-state index is 0.0387. The van der Waals surface area contributed by atoms with E-state index in [1.807, 2.05) is 25.2 Å². The van der Waals surface area contributed by atoms with E-state index in [1.54, 1.807) is 48.6 Å². The second kappa shape index (κ2) is 13.8. The molecule has 3 aliphatic rings. The summed E-state index contributed by atoms with van der Waals surface area (Å²) in [5.74, 6) is -1.87. The van der Waals surface area contributed by atoms with Crippen LogP contribution in [-0.4, -0.2) is 51.4 Å². The number of fused-ring (bicyclic) bond motifs is 1. The average Bonchev–Trinajstić information content (AvgIpc) is 3.67. The number of amides is 2. The number of epoxide rings is 1. The summed E-state index contributed by atoms with van der Waals surface area (Å²) in [4.78, 5) is 48.0. The lowest BCUT2D eigenvalue weighted by molar-refractivity contribution is -0.121. The van der Waals surface area contributed by atoms with E-state index < -0.39 is 35.4 Å². The van der Waals surface area contributed by atoms with Crippen LogP contribution in [-0.2, 0) is 23.9 Å². The first-order valence-electron chi connectivity index (χ1n) is 12.3. The van der Waals surface area contributed by atoms with Gasteiger partial charge in [-0.15, -0.1) is 0 Å². The Morgan fingerprint density at radius 1 is 0.872 bits per heavy atom. The molecule has 1 saturated heterocycles. The van der Waals surface area contributed by atoms with Crippen molar-refractivity contribution >= 4 is 23.4 Å². The van der Waals surface area contributed by atoms with Crippen molar-refractivity contribution in [3.63, 3.8) is 0 Å². The highest BCUT2D eigenvalue weighted by atomic mass is 16.6. The summed E-state index contributed by atoms with van der Waals surface area (Å²) in [5.41, 5.74) is -1.67. The second-order valence-corrected chi connectivity index (χ2v) is 8.65. The van der Waals surface area contributed by atoms with Gasteiger partial charge in [-0.3, -0.25) is 19.2 Å². The molecule has 0 bridgehead atoms. The molecule has 2 aliphatic carbocycles. The van der Waals surface area contributed by atoms with E-state index in [2.05, 4.69) is 10.6 Å². The summed E-state index contributed by atoms with van der Waals surface area (Å²) in [7, 11) is 0. The van der Waals surface area contributed by atoms with Gasteiger partial charge in [0.2, 0.25) is 17.6 Å². The molecule has 0 aromatic heterocycles. The average molecular weight is 531 g/mol. The predicted octanol–water partition coefficient (Wildman–Crippen LogP) is 2.79. The van der Waals surface area contributed by atoms with Gasteiger partial charge in [0, 0.05) is 25.0 Å². The molecule has 0 aromatic carbocycles. The number of ketones is 2. The van der Waals surface area contributed by atoms with E-state index in [9.17, 15) is 29.4 Å². The zero-order valence-corrected chi connectivity index (χ0v) is 21.3. The van der Waals surface area contributed by atoms with Crippen molar-refractivity contribution in [3.8, 4) is 0 Å². The molecule has 0 aromatic rings. The summed E-state index contributed by atoms with van der Waals surface area (Å²) in [6.45, 7) is 1.90. The number of rotatable bonds is 11. The third-order valence-electron chi connectivity index (χ3n) is 5.67. The first-order chi connectivity index (χ1) is 18.7. The fourth-order valence-electron chi connectivity index (χ4n) is 3.69. The van der Waals surface area contributed by atoms with Crippen molar-refractivity contribution in [3.05, 3.63) is 120 Å². The van der Waals surface area contributed by atoms with Crippen LogP contribution in [0.25, 0.3) is 0 Å². The molecule has 0 saturated carbocycles. The van der Waals surface area contributed by atoms with Crippen LogP contribution < -0.4 is 10.6 Å². The van der Waals surface area contributed by atoms with E-state index in [0.29, 0.717) is 0 Å². The normalized spacial score (nSPS) is 25.6. The molecule has 39 heavy (non-hydrogen) atoms. The molecule has 0 spiro atoms. The Morgan fingerprint density at radius 3 is 2.03 bits per heavy atom. The minimum atomic E-state index is -1.58. The van der Waals surface area contributed by atoms with Crippen LogP contribution in [0.3, 0.4) is 0 Å². The number of Topliss-reactive ketones (excluding diaryl/α,β-unsaturated/α-hetero) is 2. The predicted molar refractivity (Wildman–Crippen MR) is 146 cm³/mol. The van der Waals surface area contributed by atoms with Crippen LogP contribution in [0.1, 0.15) is 19.8 Å². The summed E-state index contributed by atoms with van der Waals surface area (Å²) in [6.07, 6.45) is 26.0. The van der Waals surface area contributed by atoms with Gasteiger partial charge in [-0.2, -0.15) is 0 Å². The Morgan fingerprint density at radius 2 is 1.44 bits per heavy atom. The van der Waals surface area contributed by atoms with Crippen molar-refractivity contribution in [2.24, 2.45) is 0 Å². The summed E-state index contributed by atoms with van der Waals surface area (Å²) < 4.78 is 5.33. The number of nitrogens with one attached hydrogen (secondary N) is 2. The lowest BCUT2D eigenvalue weighted by atomic mass is 9.88. The van der Waals surface area contributed by atoms with E-state index in [0.717, 1.165) is 0 Å². The van der Waals surface area contributed by atoms with Crippen molar-refractivity contribution in [1.82, 2.24) is 10.6 Å². The third-order valence-corrected chi connectivity index (χ3v) is 5.67. The molecule has 9 nitrogen and oxygen atoms in total. The lowest BCUT2D eigenvalue weighted by Crippen LogP contribution is -2.42. The van der Waals surface area contributed by atoms with Gasteiger partial charge >= 0.3 is 0 Å². The molecule has 3 rings (SSSR count). The number of aliphatic hydroxyl groups excluding tert-OH is 1. The number of carbonyl (C=O) groups is 4. The number of hydrogen-bond acceptors (Lipinski definition) is 7. The molecule has 1 aliphatic heterocycles. The zero-order valence-electron chi connectivity index (χ0n) is 21.3. The lowest BCUT2D eigenvalue weighted by Gasteiger charge is -2.23. The highest BCUT2D eigenvalue weighted by Crippen LogP contribution is 2.40. The number of allylic oxidation sites excluding steroid dienone is 15. The van der Waals surface area contributed by atoms with Crippen LogP contribution >= 0.6 is 0 Å². The highest BCUT2D eigenvalue weighted by molar-refractivity contribution is 6.06. The van der Waals surface area contributed by atoms with Gasteiger partial charge in [-0.1, -0.05) is 79.0 Å². The maximum absolute atomic E-state index is 12.4. The van der Waals surface area contributed by atoms with Gasteiger partial charge in [0.1, 0.15) is 23.2 Å². The van der Waals surface area contributed by atoms with Gasteiger partial charge in [0.05, 0.1) is 5.70 Å². The van der Waals surface area contributed by atoms with Gasteiger partial charge in [0.15, 0.2) is 11.9 Å². The van der Waals surface area contributed by atoms with E-state index in [-0.39, 0.29) is 35.8 Å². The smallest absolute Gasteiger partial charge is 0.248 e. The molecule has 4 N–H and O–H groups in total. The Balaban J connectivity index is 1.51. The largest absolute Gasteiger partial charge is 0.510 e. The van der Waals surface area contributed by atoms with Gasteiger partial charge in [-0.25, -0.2) is 0 Å².